The van der Waals surface area contributed by atoms with Gasteiger partial charge < -0.3 is 10.5 Å². The fraction of sp³-hybridized carbons (Fsp3) is 0.619. The van der Waals surface area contributed by atoms with Crippen LogP contribution in [0.15, 0.2) is 30.3 Å². The van der Waals surface area contributed by atoms with Gasteiger partial charge in [-0.25, -0.2) is 0 Å². The number of unbranched alkanes of at least 4 members (excludes halogenated alkanes) is 2. The molecule has 1 unspecified atom stereocenters. The van der Waals surface area contributed by atoms with Crippen LogP contribution in [0.4, 0.5) is 0 Å². The molecule has 1 atom stereocenters. The van der Waals surface area contributed by atoms with Crippen LogP contribution >= 0.6 is 0 Å². The van der Waals surface area contributed by atoms with Gasteiger partial charge in [0.25, 0.3) is 0 Å². The highest BCUT2D eigenvalue weighted by molar-refractivity contribution is 6.02. The molecule has 0 aromatic heterocycles. The maximum atomic E-state index is 12.6. The van der Waals surface area contributed by atoms with E-state index in [-0.39, 0.29) is 17.9 Å². The second kappa shape index (κ2) is 9.59. The van der Waals surface area contributed by atoms with Gasteiger partial charge in [0.2, 0.25) is 0 Å². The second-order valence-electron chi connectivity index (χ2n) is 7.93. The summed E-state index contributed by atoms with van der Waals surface area (Å²) in [6.45, 7) is 8.58. The molecule has 0 aliphatic rings. The lowest BCUT2D eigenvalue weighted by atomic mass is 9.75. The lowest BCUT2D eigenvalue weighted by Gasteiger charge is -2.31. The van der Waals surface area contributed by atoms with Crippen molar-refractivity contribution in [3.8, 4) is 0 Å². The molecule has 1 aromatic carbocycles. The van der Waals surface area contributed by atoms with Crippen LogP contribution in [0.25, 0.3) is 0 Å². The fourth-order valence-electron chi connectivity index (χ4n) is 2.80. The number of carbonyl (C=O) groups is 1. The third-order valence-corrected chi connectivity index (χ3v) is 5.02. The van der Waals surface area contributed by atoms with Crippen molar-refractivity contribution in [2.75, 3.05) is 0 Å². The Balaban J connectivity index is 2.65. The normalized spacial score (nSPS) is 13.9. The van der Waals surface area contributed by atoms with Gasteiger partial charge in [0.1, 0.15) is 17.9 Å². The quantitative estimate of drug-likeness (QED) is 0.254. The van der Waals surface area contributed by atoms with E-state index in [4.69, 9.17) is 15.9 Å². The number of benzene rings is 1. The van der Waals surface area contributed by atoms with Gasteiger partial charge in [-0.05, 0) is 37.2 Å². The minimum atomic E-state index is -1.06. The fourth-order valence-corrected chi connectivity index (χ4v) is 2.80. The Hall–Kier alpha value is -1.84. The first kappa shape index (κ1) is 21.2. The molecule has 25 heavy (non-hydrogen) atoms. The van der Waals surface area contributed by atoms with Crippen molar-refractivity contribution in [2.24, 2.45) is 16.6 Å². The van der Waals surface area contributed by atoms with Gasteiger partial charge in [-0.2, -0.15) is 0 Å². The third kappa shape index (κ3) is 6.89. The molecule has 0 saturated heterocycles. The molecule has 4 heteroatoms. The minimum Gasteiger partial charge on any atom is -0.460 e. The molecule has 0 heterocycles. The largest absolute Gasteiger partial charge is 0.460 e. The Labute approximate surface area is 152 Å². The first-order chi connectivity index (χ1) is 11.7. The zero-order valence-electron chi connectivity index (χ0n) is 16.2. The summed E-state index contributed by atoms with van der Waals surface area (Å²) in [6, 6.07) is 9.56. The molecule has 0 aliphatic carbocycles. The Morgan fingerprint density at radius 3 is 2.28 bits per heavy atom. The molecule has 4 nitrogen and oxygen atoms in total. The molecule has 0 fully saturated rings. The molecule has 0 aliphatic heterocycles. The topological polar surface area (TPSA) is 76.2 Å². The van der Waals surface area contributed by atoms with Crippen LogP contribution in [0.3, 0.4) is 0 Å². The van der Waals surface area contributed by atoms with E-state index in [1.165, 1.54) is 19.3 Å². The first-order valence-electron chi connectivity index (χ1n) is 9.27. The summed E-state index contributed by atoms with van der Waals surface area (Å²) in [4.78, 5) is 12.6. The predicted molar refractivity (Wildman–Crippen MR) is 103 cm³/mol. The highest BCUT2D eigenvalue weighted by Gasteiger charge is 2.39. The maximum Gasteiger partial charge on any atom is 0.319 e. The average Bonchev–Trinajstić information content (AvgIpc) is 2.58. The van der Waals surface area contributed by atoms with Gasteiger partial charge in [-0.3, -0.25) is 10.2 Å². The smallest absolute Gasteiger partial charge is 0.319 e. The molecule has 1 rings (SSSR count). The molecule has 0 saturated carbocycles. The number of carbonyl (C=O) groups excluding carboxylic acids is 1. The van der Waals surface area contributed by atoms with Crippen LogP contribution in [0.5, 0.6) is 0 Å². The van der Waals surface area contributed by atoms with Crippen LogP contribution in [0.2, 0.25) is 0 Å². The Kier molecular flexibility index (Phi) is 8.14. The molecular formula is C21H34N2O2. The van der Waals surface area contributed by atoms with Gasteiger partial charge in [0.15, 0.2) is 0 Å². The van der Waals surface area contributed by atoms with Crippen molar-refractivity contribution in [3.63, 3.8) is 0 Å². The van der Waals surface area contributed by atoms with E-state index in [9.17, 15) is 4.79 Å². The standard InChI is InChI=1S/C21H34N2O2/c1-5-6-10-13-20(2,3)14-15-21(4,18(22)23)19(24)25-16-17-11-8-7-9-12-17/h7-9,11-12H,5-6,10,13-16H2,1-4H3,(H3,22,23). The summed E-state index contributed by atoms with van der Waals surface area (Å²) in [5, 5.41) is 7.91. The number of esters is 1. The number of amidine groups is 1. The molecular weight excluding hydrogens is 312 g/mol. The summed E-state index contributed by atoms with van der Waals surface area (Å²) >= 11 is 0. The van der Waals surface area contributed by atoms with Crippen molar-refractivity contribution in [2.45, 2.75) is 72.8 Å². The van der Waals surface area contributed by atoms with Crippen molar-refractivity contribution < 1.29 is 9.53 Å². The zero-order valence-corrected chi connectivity index (χ0v) is 16.2. The lowest BCUT2D eigenvalue weighted by molar-refractivity contribution is -0.153. The summed E-state index contributed by atoms with van der Waals surface area (Å²) < 4.78 is 5.46. The highest BCUT2D eigenvalue weighted by atomic mass is 16.5. The number of hydrogen-bond acceptors (Lipinski definition) is 3. The van der Waals surface area contributed by atoms with Gasteiger partial charge in [-0.15, -0.1) is 0 Å². The monoisotopic (exact) mass is 346 g/mol. The maximum absolute atomic E-state index is 12.6. The van der Waals surface area contributed by atoms with Crippen LogP contribution in [0.1, 0.15) is 71.8 Å². The van der Waals surface area contributed by atoms with E-state index in [2.05, 4.69) is 20.8 Å². The van der Waals surface area contributed by atoms with E-state index >= 15 is 0 Å². The molecule has 0 bridgehead atoms. The van der Waals surface area contributed by atoms with Crippen molar-refractivity contribution in [3.05, 3.63) is 35.9 Å². The number of ether oxygens (including phenoxy) is 1. The van der Waals surface area contributed by atoms with Crippen LogP contribution < -0.4 is 5.73 Å². The first-order valence-corrected chi connectivity index (χ1v) is 9.27. The minimum absolute atomic E-state index is 0.116. The number of nitrogens with one attached hydrogen (secondary N) is 1. The zero-order chi connectivity index (χ0) is 18.9. The van der Waals surface area contributed by atoms with Gasteiger partial charge in [-0.1, -0.05) is 70.4 Å². The molecule has 3 N–H and O–H groups in total. The van der Waals surface area contributed by atoms with E-state index < -0.39 is 11.4 Å². The molecule has 0 amide bonds. The number of nitrogens with two attached hydrogens (primary N) is 1. The number of rotatable bonds is 11. The van der Waals surface area contributed by atoms with E-state index in [0.29, 0.717) is 6.42 Å². The van der Waals surface area contributed by atoms with Crippen molar-refractivity contribution in [1.82, 2.24) is 0 Å². The van der Waals surface area contributed by atoms with Crippen LogP contribution in [-0.2, 0) is 16.1 Å². The van der Waals surface area contributed by atoms with Crippen LogP contribution in [0, 0.1) is 16.2 Å². The summed E-state index contributed by atoms with van der Waals surface area (Å²) in [6.07, 6.45) is 6.12. The average molecular weight is 347 g/mol. The van der Waals surface area contributed by atoms with E-state index in [1.54, 1.807) is 6.92 Å². The Morgan fingerprint density at radius 2 is 1.72 bits per heavy atom. The Bertz CT molecular complexity index is 554. The van der Waals surface area contributed by atoms with E-state index in [1.807, 2.05) is 30.3 Å². The summed E-state index contributed by atoms with van der Waals surface area (Å²) in [5.74, 6) is -0.525. The van der Waals surface area contributed by atoms with Gasteiger partial charge >= 0.3 is 5.97 Å². The van der Waals surface area contributed by atoms with Gasteiger partial charge in [0, 0.05) is 0 Å². The third-order valence-electron chi connectivity index (χ3n) is 5.02. The Morgan fingerprint density at radius 1 is 1.08 bits per heavy atom. The predicted octanol–water partition coefficient (Wildman–Crippen LogP) is 5.06. The number of hydrogen-bond donors (Lipinski definition) is 2. The highest BCUT2D eigenvalue weighted by Crippen LogP contribution is 2.35. The summed E-state index contributed by atoms with van der Waals surface area (Å²) in [7, 11) is 0. The van der Waals surface area contributed by atoms with E-state index in [0.717, 1.165) is 18.4 Å². The SMILES string of the molecule is CCCCCC(C)(C)CCC(C)(C(=N)N)C(=O)OCc1ccccc1. The lowest BCUT2D eigenvalue weighted by Crippen LogP contribution is -2.42. The van der Waals surface area contributed by atoms with Gasteiger partial charge in [0.05, 0.1) is 0 Å². The van der Waals surface area contributed by atoms with Crippen molar-refractivity contribution >= 4 is 11.8 Å². The summed E-state index contributed by atoms with van der Waals surface area (Å²) in [5.41, 5.74) is 5.78. The molecule has 0 spiro atoms. The second-order valence-corrected chi connectivity index (χ2v) is 7.93. The molecule has 0 radical (unpaired) electrons. The van der Waals surface area contributed by atoms with Crippen LogP contribution in [-0.4, -0.2) is 11.8 Å². The van der Waals surface area contributed by atoms with Crippen molar-refractivity contribution in [1.29, 1.82) is 5.41 Å². The molecule has 140 valence electrons. The molecule has 1 aromatic rings.